The van der Waals surface area contributed by atoms with Crippen molar-refractivity contribution in [3.05, 3.63) is 30.1 Å². The van der Waals surface area contributed by atoms with E-state index >= 15 is 0 Å². The van der Waals surface area contributed by atoms with E-state index in [-0.39, 0.29) is 0 Å². The predicted octanol–water partition coefficient (Wildman–Crippen LogP) is 2.00. The van der Waals surface area contributed by atoms with Crippen LogP contribution in [0.3, 0.4) is 0 Å². The second kappa shape index (κ2) is 3.25. The maximum atomic E-state index is 4.42. The van der Waals surface area contributed by atoms with E-state index in [1.165, 1.54) is 0 Å². The highest BCUT2D eigenvalue weighted by Gasteiger charge is 2.05. The van der Waals surface area contributed by atoms with E-state index in [2.05, 4.69) is 9.97 Å². The van der Waals surface area contributed by atoms with Gasteiger partial charge in [-0.2, -0.15) is 0 Å². The van der Waals surface area contributed by atoms with Crippen LogP contribution in [0.1, 0.15) is 5.82 Å². The number of para-hydroxylation sites is 1. The first kappa shape index (κ1) is 8.94. The molecule has 0 radical (unpaired) electrons. The Morgan fingerprint density at radius 1 is 1.07 bits per heavy atom. The largest absolute Gasteiger partial charge is 0.362 e. The van der Waals surface area contributed by atoms with Crippen molar-refractivity contribution in [2.45, 2.75) is 6.92 Å². The molecule has 3 heteroatoms. The second-order valence-corrected chi connectivity index (χ2v) is 3.51. The minimum Gasteiger partial charge on any atom is -0.362 e. The van der Waals surface area contributed by atoms with Gasteiger partial charge < -0.3 is 4.90 Å². The standard InChI is InChI=1S/C11H13N3/c1-8-12-10-7-5-4-6-9(10)11(13-8)14(2)3/h4-7H,1-3H3. The van der Waals surface area contributed by atoms with Gasteiger partial charge in [0.25, 0.3) is 0 Å². The van der Waals surface area contributed by atoms with Crippen LogP contribution in [0.2, 0.25) is 0 Å². The maximum Gasteiger partial charge on any atom is 0.139 e. The molecule has 2 rings (SSSR count). The molecule has 0 saturated heterocycles. The summed E-state index contributed by atoms with van der Waals surface area (Å²) in [5.74, 6) is 1.79. The molecule has 1 heterocycles. The Balaban J connectivity index is 2.80. The van der Waals surface area contributed by atoms with Crippen molar-refractivity contribution in [1.82, 2.24) is 9.97 Å². The van der Waals surface area contributed by atoms with Crippen LogP contribution < -0.4 is 4.90 Å². The molecule has 72 valence electrons. The lowest BCUT2D eigenvalue weighted by molar-refractivity contribution is 1.02. The van der Waals surface area contributed by atoms with Crippen molar-refractivity contribution >= 4 is 16.7 Å². The quantitative estimate of drug-likeness (QED) is 0.683. The molecule has 2 aromatic rings. The van der Waals surface area contributed by atoms with E-state index in [1.54, 1.807) is 0 Å². The van der Waals surface area contributed by atoms with Gasteiger partial charge in [-0.25, -0.2) is 9.97 Å². The van der Waals surface area contributed by atoms with Crippen LogP contribution in [0.15, 0.2) is 24.3 Å². The number of anilines is 1. The van der Waals surface area contributed by atoms with E-state index in [4.69, 9.17) is 0 Å². The molecule has 0 N–H and O–H groups in total. The number of hydrogen-bond donors (Lipinski definition) is 0. The number of benzene rings is 1. The summed E-state index contributed by atoms with van der Waals surface area (Å²) in [5, 5.41) is 1.10. The van der Waals surface area contributed by atoms with Crippen LogP contribution in [0, 0.1) is 6.92 Å². The number of aromatic nitrogens is 2. The molecule has 0 saturated carbocycles. The molecule has 0 aliphatic heterocycles. The fraction of sp³-hybridized carbons (Fsp3) is 0.273. The average Bonchev–Trinajstić information content (AvgIpc) is 2.16. The molecule has 0 atom stereocenters. The molecule has 1 aromatic carbocycles. The molecular formula is C11H13N3. The van der Waals surface area contributed by atoms with Crippen molar-refractivity contribution in [1.29, 1.82) is 0 Å². The highest BCUT2D eigenvalue weighted by atomic mass is 15.1. The van der Waals surface area contributed by atoms with Gasteiger partial charge in [-0.05, 0) is 19.1 Å². The Hall–Kier alpha value is -1.64. The fourth-order valence-corrected chi connectivity index (χ4v) is 1.51. The maximum absolute atomic E-state index is 4.42. The van der Waals surface area contributed by atoms with Crippen molar-refractivity contribution in [2.24, 2.45) is 0 Å². The molecule has 0 aliphatic carbocycles. The van der Waals surface area contributed by atoms with Gasteiger partial charge in [0.15, 0.2) is 0 Å². The van der Waals surface area contributed by atoms with Crippen molar-refractivity contribution in [3.8, 4) is 0 Å². The highest BCUT2D eigenvalue weighted by molar-refractivity contribution is 5.89. The van der Waals surface area contributed by atoms with Gasteiger partial charge >= 0.3 is 0 Å². The van der Waals surface area contributed by atoms with Crippen LogP contribution in [0.25, 0.3) is 10.9 Å². The summed E-state index contributed by atoms with van der Waals surface area (Å²) in [7, 11) is 3.99. The molecular weight excluding hydrogens is 174 g/mol. The van der Waals surface area contributed by atoms with Crippen LogP contribution in [-0.2, 0) is 0 Å². The minimum atomic E-state index is 0.812. The third-order valence-electron chi connectivity index (χ3n) is 2.12. The lowest BCUT2D eigenvalue weighted by Gasteiger charge is -2.14. The number of rotatable bonds is 1. The number of fused-ring (bicyclic) bond motifs is 1. The third kappa shape index (κ3) is 1.41. The number of hydrogen-bond acceptors (Lipinski definition) is 3. The summed E-state index contributed by atoms with van der Waals surface area (Å²) in [4.78, 5) is 10.8. The first-order chi connectivity index (χ1) is 6.68. The molecule has 14 heavy (non-hydrogen) atoms. The smallest absolute Gasteiger partial charge is 0.139 e. The Morgan fingerprint density at radius 3 is 2.50 bits per heavy atom. The van der Waals surface area contributed by atoms with E-state index in [9.17, 15) is 0 Å². The Kier molecular flexibility index (Phi) is 2.08. The fourth-order valence-electron chi connectivity index (χ4n) is 1.51. The van der Waals surface area contributed by atoms with Crippen LogP contribution in [0.5, 0.6) is 0 Å². The van der Waals surface area contributed by atoms with Crippen LogP contribution >= 0.6 is 0 Å². The zero-order valence-corrected chi connectivity index (χ0v) is 8.65. The summed E-state index contributed by atoms with van der Waals surface area (Å²) in [5.41, 5.74) is 1.00. The molecule has 0 fully saturated rings. The second-order valence-electron chi connectivity index (χ2n) is 3.51. The van der Waals surface area contributed by atoms with Crippen molar-refractivity contribution in [3.63, 3.8) is 0 Å². The normalized spacial score (nSPS) is 10.5. The average molecular weight is 187 g/mol. The number of aryl methyl sites for hydroxylation is 1. The first-order valence-electron chi connectivity index (χ1n) is 4.59. The van der Waals surface area contributed by atoms with Gasteiger partial charge in [0.2, 0.25) is 0 Å². The summed E-state index contributed by atoms with van der Waals surface area (Å²) in [6.45, 7) is 1.92. The summed E-state index contributed by atoms with van der Waals surface area (Å²) < 4.78 is 0. The molecule has 0 amide bonds. The van der Waals surface area contributed by atoms with Gasteiger partial charge in [0.1, 0.15) is 11.6 Å². The highest BCUT2D eigenvalue weighted by Crippen LogP contribution is 2.21. The van der Waals surface area contributed by atoms with Gasteiger partial charge in [0, 0.05) is 19.5 Å². The van der Waals surface area contributed by atoms with Crippen LogP contribution in [-0.4, -0.2) is 24.1 Å². The van der Waals surface area contributed by atoms with Crippen LogP contribution in [0.4, 0.5) is 5.82 Å². The molecule has 0 bridgehead atoms. The van der Waals surface area contributed by atoms with Gasteiger partial charge in [-0.3, -0.25) is 0 Å². The van der Waals surface area contributed by atoms with Crippen molar-refractivity contribution in [2.75, 3.05) is 19.0 Å². The number of nitrogens with zero attached hydrogens (tertiary/aromatic N) is 3. The van der Waals surface area contributed by atoms with E-state index in [1.807, 2.05) is 50.2 Å². The topological polar surface area (TPSA) is 29.0 Å². The first-order valence-corrected chi connectivity index (χ1v) is 4.59. The summed E-state index contributed by atoms with van der Waals surface area (Å²) in [6.07, 6.45) is 0. The van der Waals surface area contributed by atoms with E-state index in [0.717, 1.165) is 22.5 Å². The summed E-state index contributed by atoms with van der Waals surface area (Å²) >= 11 is 0. The summed E-state index contributed by atoms with van der Waals surface area (Å²) in [6, 6.07) is 8.06. The zero-order valence-electron chi connectivity index (χ0n) is 8.65. The van der Waals surface area contributed by atoms with E-state index in [0.29, 0.717) is 0 Å². The monoisotopic (exact) mass is 187 g/mol. The Bertz CT molecular complexity index is 463. The molecule has 0 aliphatic rings. The predicted molar refractivity (Wildman–Crippen MR) is 58.6 cm³/mol. The van der Waals surface area contributed by atoms with Gasteiger partial charge in [0.05, 0.1) is 5.52 Å². The molecule has 1 aromatic heterocycles. The third-order valence-corrected chi connectivity index (χ3v) is 2.12. The lowest BCUT2D eigenvalue weighted by Crippen LogP contribution is -2.12. The van der Waals surface area contributed by atoms with Crippen molar-refractivity contribution < 1.29 is 0 Å². The van der Waals surface area contributed by atoms with Gasteiger partial charge in [-0.15, -0.1) is 0 Å². The van der Waals surface area contributed by atoms with Gasteiger partial charge in [-0.1, -0.05) is 12.1 Å². The molecule has 0 unspecified atom stereocenters. The SMILES string of the molecule is Cc1nc(N(C)C)c2ccccc2n1. The molecule has 3 nitrogen and oxygen atoms in total. The van der Waals surface area contributed by atoms with E-state index < -0.39 is 0 Å². The Morgan fingerprint density at radius 2 is 1.79 bits per heavy atom. The molecule has 0 spiro atoms. The Labute approximate surface area is 83.4 Å². The zero-order chi connectivity index (χ0) is 10.1. The lowest BCUT2D eigenvalue weighted by atomic mass is 10.2. The minimum absolute atomic E-state index is 0.812.